The second kappa shape index (κ2) is 10.3. The Morgan fingerprint density at radius 2 is 1.56 bits per heavy atom. The van der Waals surface area contributed by atoms with Crippen molar-refractivity contribution in [2.45, 2.75) is 23.1 Å². The summed E-state index contributed by atoms with van der Waals surface area (Å²) in [6.45, 7) is 1.72. The van der Waals surface area contributed by atoms with E-state index in [2.05, 4.69) is 10.1 Å². The Kier molecular flexibility index (Phi) is 8.24. The van der Waals surface area contributed by atoms with Gasteiger partial charge in [-0.25, -0.2) is 26.6 Å². The minimum atomic E-state index is -4.00. The summed E-state index contributed by atoms with van der Waals surface area (Å²) in [6.07, 6.45) is -0.0673. The first kappa shape index (κ1) is 25.6. The van der Waals surface area contributed by atoms with Crippen LogP contribution in [0.1, 0.15) is 12.0 Å². The van der Waals surface area contributed by atoms with E-state index in [1.54, 1.807) is 26.2 Å². The number of aryl methyl sites for hydroxylation is 1. The van der Waals surface area contributed by atoms with Crippen LogP contribution in [-0.4, -0.2) is 62.5 Å². The average Bonchev–Trinajstić information content (AvgIpc) is 2.72. The Balaban J connectivity index is 2.31. The zero-order valence-corrected chi connectivity index (χ0v) is 20.2. The third kappa shape index (κ3) is 6.19. The molecule has 0 saturated carbocycles. The molecule has 0 saturated heterocycles. The molecule has 0 radical (unpaired) electrons. The van der Waals surface area contributed by atoms with Crippen LogP contribution >= 0.6 is 0 Å². The first-order chi connectivity index (χ1) is 14.9. The van der Waals surface area contributed by atoms with Gasteiger partial charge in [0.1, 0.15) is 5.75 Å². The third-order valence-electron chi connectivity index (χ3n) is 4.47. The van der Waals surface area contributed by atoms with Crippen molar-refractivity contribution < 1.29 is 26.4 Å². The van der Waals surface area contributed by atoms with Crippen molar-refractivity contribution in [2.75, 3.05) is 39.1 Å². The van der Waals surface area contributed by atoms with Gasteiger partial charge in [0, 0.05) is 34.1 Å². The Labute approximate surface area is 189 Å². The van der Waals surface area contributed by atoms with Crippen molar-refractivity contribution in [1.82, 2.24) is 15.2 Å². The summed E-state index contributed by atoms with van der Waals surface area (Å²) in [7, 11) is -2.00. The summed E-state index contributed by atoms with van der Waals surface area (Å²) in [6, 6.07) is 10.2. The second-order valence-corrected chi connectivity index (χ2v) is 10.9. The lowest BCUT2D eigenvalue weighted by atomic mass is 10.2. The number of ether oxygens (including phenoxy) is 1. The zero-order valence-electron chi connectivity index (χ0n) is 18.6. The molecule has 2 rings (SSSR count). The van der Waals surface area contributed by atoms with Crippen molar-refractivity contribution in [2.24, 2.45) is 0 Å². The SMILES string of the molecule is COc1ccc(S(=O)(=O)NCCC(=O)NN(C)C)cc1N(C)S(=O)(=O)c1ccc(C)cc1. The van der Waals surface area contributed by atoms with Crippen LogP contribution in [0.2, 0.25) is 0 Å². The van der Waals surface area contributed by atoms with Gasteiger partial charge in [0.2, 0.25) is 15.9 Å². The van der Waals surface area contributed by atoms with E-state index in [4.69, 9.17) is 4.74 Å². The maximum atomic E-state index is 13.1. The predicted molar refractivity (Wildman–Crippen MR) is 121 cm³/mol. The molecule has 2 aromatic rings. The van der Waals surface area contributed by atoms with Crippen LogP contribution in [0.15, 0.2) is 52.3 Å². The summed E-state index contributed by atoms with van der Waals surface area (Å²) in [5.41, 5.74) is 3.48. The van der Waals surface area contributed by atoms with Gasteiger partial charge in [0.25, 0.3) is 10.0 Å². The number of sulfonamides is 2. The van der Waals surface area contributed by atoms with E-state index in [-0.39, 0.29) is 40.1 Å². The van der Waals surface area contributed by atoms with Crippen LogP contribution in [0.5, 0.6) is 5.75 Å². The van der Waals surface area contributed by atoms with E-state index < -0.39 is 20.0 Å². The number of hydrazine groups is 1. The van der Waals surface area contributed by atoms with Gasteiger partial charge in [-0.2, -0.15) is 0 Å². The van der Waals surface area contributed by atoms with Gasteiger partial charge in [0.15, 0.2) is 0 Å². The highest BCUT2D eigenvalue weighted by Gasteiger charge is 2.26. The normalized spacial score (nSPS) is 11.9. The molecule has 0 aromatic heterocycles. The van der Waals surface area contributed by atoms with Gasteiger partial charge in [-0.15, -0.1) is 0 Å². The minimum absolute atomic E-state index is 0.0568. The summed E-state index contributed by atoms with van der Waals surface area (Å²) >= 11 is 0. The highest BCUT2D eigenvalue weighted by atomic mass is 32.2. The first-order valence-electron chi connectivity index (χ1n) is 9.58. The maximum Gasteiger partial charge on any atom is 0.264 e. The number of nitrogens with zero attached hydrogens (tertiary/aromatic N) is 2. The lowest BCUT2D eigenvalue weighted by Gasteiger charge is -2.22. The number of hydrogen-bond acceptors (Lipinski definition) is 7. The predicted octanol–water partition coefficient (Wildman–Crippen LogP) is 1.09. The molecular formula is C20H28N4O6S2. The van der Waals surface area contributed by atoms with E-state index in [9.17, 15) is 21.6 Å². The fourth-order valence-corrected chi connectivity index (χ4v) is 5.02. The maximum absolute atomic E-state index is 13.1. The molecule has 2 aromatic carbocycles. The standard InChI is InChI=1S/C20H28N4O6S2/c1-15-6-8-16(9-7-15)32(28,29)24(4)18-14-17(10-11-19(18)30-5)31(26,27)21-13-12-20(25)22-23(2)3/h6-11,14,21H,12-13H2,1-5H3,(H,22,25). The third-order valence-corrected chi connectivity index (χ3v) is 7.72. The van der Waals surface area contributed by atoms with Gasteiger partial charge < -0.3 is 4.74 Å². The van der Waals surface area contributed by atoms with Crippen LogP contribution in [0.4, 0.5) is 5.69 Å². The molecule has 10 nitrogen and oxygen atoms in total. The highest BCUT2D eigenvalue weighted by Crippen LogP contribution is 2.33. The molecule has 0 unspecified atom stereocenters. The second-order valence-electron chi connectivity index (χ2n) is 7.20. The molecule has 0 bridgehead atoms. The van der Waals surface area contributed by atoms with Crippen LogP contribution in [0, 0.1) is 6.92 Å². The van der Waals surface area contributed by atoms with Crippen LogP contribution in [0.3, 0.4) is 0 Å². The summed E-state index contributed by atoms with van der Waals surface area (Å²) < 4.78 is 60.1. The number of carbonyl (C=O) groups is 1. The molecule has 32 heavy (non-hydrogen) atoms. The Morgan fingerprint density at radius 3 is 2.12 bits per heavy atom. The van der Waals surface area contributed by atoms with Gasteiger partial charge in [-0.05, 0) is 37.3 Å². The summed E-state index contributed by atoms with van der Waals surface area (Å²) in [4.78, 5) is 11.6. The van der Waals surface area contributed by atoms with Crippen LogP contribution in [-0.2, 0) is 24.8 Å². The topological polar surface area (TPSA) is 125 Å². The average molecular weight is 485 g/mol. The van der Waals surface area contributed by atoms with E-state index in [0.717, 1.165) is 9.87 Å². The van der Waals surface area contributed by atoms with Gasteiger partial charge in [-0.3, -0.25) is 14.5 Å². The fraction of sp³-hybridized carbons (Fsp3) is 0.350. The van der Waals surface area contributed by atoms with Gasteiger partial charge in [-0.1, -0.05) is 17.7 Å². The minimum Gasteiger partial charge on any atom is -0.495 e. The van der Waals surface area contributed by atoms with E-state index in [1.165, 1.54) is 49.5 Å². The summed E-state index contributed by atoms with van der Waals surface area (Å²) in [5.74, 6) is -0.162. The van der Waals surface area contributed by atoms with Crippen molar-refractivity contribution in [3.05, 3.63) is 48.0 Å². The largest absolute Gasteiger partial charge is 0.495 e. The molecule has 0 atom stereocenters. The molecule has 0 aliphatic heterocycles. The summed E-state index contributed by atoms with van der Waals surface area (Å²) in [5, 5.41) is 1.46. The molecule has 1 amide bonds. The van der Waals surface area contributed by atoms with Gasteiger partial charge >= 0.3 is 0 Å². The first-order valence-corrected chi connectivity index (χ1v) is 12.5. The Bertz CT molecular complexity index is 1160. The van der Waals surface area contributed by atoms with E-state index in [0.29, 0.717) is 0 Å². The number of carbonyl (C=O) groups excluding carboxylic acids is 1. The Morgan fingerprint density at radius 1 is 0.969 bits per heavy atom. The van der Waals surface area contributed by atoms with Crippen molar-refractivity contribution in [3.8, 4) is 5.75 Å². The Hall–Kier alpha value is -2.67. The number of rotatable bonds is 10. The van der Waals surface area contributed by atoms with Crippen LogP contribution < -0.4 is 19.2 Å². The molecule has 12 heteroatoms. The molecule has 0 aliphatic carbocycles. The number of nitrogens with one attached hydrogen (secondary N) is 2. The molecule has 0 aliphatic rings. The number of amides is 1. The molecule has 2 N–H and O–H groups in total. The molecule has 0 heterocycles. The van der Waals surface area contributed by atoms with Gasteiger partial charge in [0.05, 0.1) is 22.6 Å². The van der Waals surface area contributed by atoms with Crippen LogP contribution in [0.25, 0.3) is 0 Å². The molecular weight excluding hydrogens is 456 g/mol. The lowest BCUT2D eigenvalue weighted by molar-refractivity contribution is -0.124. The number of hydrogen-bond donors (Lipinski definition) is 2. The molecule has 176 valence electrons. The van der Waals surface area contributed by atoms with E-state index >= 15 is 0 Å². The van der Waals surface area contributed by atoms with Crippen molar-refractivity contribution >= 4 is 31.6 Å². The van der Waals surface area contributed by atoms with Crippen molar-refractivity contribution in [1.29, 1.82) is 0 Å². The number of anilines is 1. The quantitative estimate of drug-likeness (QED) is 0.484. The van der Waals surface area contributed by atoms with Crippen molar-refractivity contribution in [3.63, 3.8) is 0 Å². The molecule has 0 spiro atoms. The zero-order chi connectivity index (χ0) is 24.1. The monoisotopic (exact) mass is 484 g/mol. The lowest BCUT2D eigenvalue weighted by Crippen LogP contribution is -2.38. The number of benzene rings is 2. The smallest absolute Gasteiger partial charge is 0.264 e. The molecule has 0 fully saturated rings. The number of methoxy groups -OCH3 is 1. The van der Waals surface area contributed by atoms with E-state index in [1.807, 2.05) is 6.92 Å². The fourth-order valence-electron chi connectivity index (χ4n) is 2.77. The highest BCUT2D eigenvalue weighted by molar-refractivity contribution is 7.92.